The lowest BCUT2D eigenvalue weighted by atomic mass is 10.1. The van der Waals surface area contributed by atoms with E-state index in [0.29, 0.717) is 25.5 Å². The number of rotatable bonds is 6. The Morgan fingerprint density at radius 2 is 1.73 bits per heavy atom. The van der Waals surface area contributed by atoms with Crippen molar-refractivity contribution < 1.29 is 40.6 Å². The van der Waals surface area contributed by atoms with Crippen LogP contribution >= 0.6 is 0 Å². The highest BCUT2D eigenvalue weighted by Crippen LogP contribution is 2.34. The third-order valence-corrected chi connectivity index (χ3v) is 5.89. The average Bonchev–Trinajstić information content (AvgIpc) is 3.53. The minimum atomic E-state index is -4.84. The van der Waals surface area contributed by atoms with Gasteiger partial charge in [0.05, 0.1) is 5.39 Å². The number of amides is 1. The van der Waals surface area contributed by atoms with Gasteiger partial charge < -0.3 is 24.5 Å². The molecule has 0 atom stereocenters. The van der Waals surface area contributed by atoms with Gasteiger partial charge in [0, 0.05) is 6.20 Å². The number of benzene rings is 1. The number of carbonyl (C=O) groups excluding carboxylic acids is 1. The van der Waals surface area contributed by atoms with Crippen molar-refractivity contribution in [1.29, 1.82) is 0 Å². The monoisotopic (exact) mass is 528 g/mol. The quantitative estimate of drug-likeness (QED) is 0.476. The summed E-state index contributed by atoms with van der Waals surface area (Å²) in [6.07, 6.45) is 0.948. The van der Waals surface area contributed by atoms with E-state index in [9.17, 15) is 26.7 Å². The number of nitrogens with two attached hydrogens (primary N) is 1. The fourth-order valence-corrected chi connectivity index (χ4v) is 4.00. The van der Waals surface area contributed by atoms with Crippen LogP contribution in [0.2, 0.25) is 0 Å². The number of aromatic nitrogens is 2. The van der Waals surface area contributed by atoms with Crippen molar-refractivity contribution in [2.75, 3.05) is 32.8 Å². The highest BCUT2D eigenvalue weighted by Gasteiger charge is 2.43. The summed E-state index contributed by atoms with van der Waals surface area (Å²) >= 11 is 0. The maximum absolute atomic E-state index is 13.2. The maximum Gasteiger partial charge on any atom is 0.451 e. The summed E-state index contributed by atoms with van der Waals surface area (Å²) in [5.74, 6) is -7.05. The minimum Gasteiger partial charge on any atom is -0.486 e. The second kappa shape index (κ2) is 10.9. The van der Waals surface area contributed by atoms with E-state index < -0.39 is 35.3 Å². The van der Waals surface area contributed by atoms with Crippen molar-refractivity contribution in [2.45, 2.75) is 37.8 Å². The van der Waals surface area contributed by atoms with Crippen molar-refractivity contribution in [3.8, 4) is 11.5 Å². The number of hydrogen-bond donors (Lipinski definition) is 1. The lowest BCUT2D eigenvalue weighted by Gasteiger charge is -2.19. The van der Waals surface area contributed by atoms with Crippen LogP contribution < -0.4 is 15.2 Å². The molecule has 5 rings (SSSR count). The average molecular weight is 528 g/mol. The molecule has 0 radical (unpaired) electrons. The number of likely N-dealkylation sites (tertiary alicyclic amines) is 1. The summed E-state index contributed by atoms with van der Waals surface area (Å²) in [6.45, 7) is 5.16. The summed E-state index contributed by atoms with van der Waals surface area (Å²) in [5, 5.41) is -0.205. The molecule has 0 saturated carbocycles. The predicted molar refractivity (Wildman–Crippen MR) is 121 cm³/mol. The molecule has 0 spiro atoms. The molecule has 13 heteroatoms. The van der Waals surface area contributed by atoms with Gasteiger partial charge in [0.25, 0.3) is 5.91 Å². The molecule has 8 nitrogen and oxygen atoms in total. The summed E-state index contributed by atoms with van der Waals surface area (Å²) < 4.78 is 78.9. The van der Waals surface area contributed by atoms with Crippen molar-refractivity contribution >= 4 is 17.0 Å². The molecule has 2 aliphatic rings. The first kappa shape index (κ1) is 26.6. The van der Waals surface area contributed by atoms with Crippen LogP contribution in [0.4, 0.5) is 22.0 Å². The van der Waals surface area contributed by atoms with Gasteiger partial charge >= 0.3 is 12.1 Å². The molecule has 1 fully saturated rings. The van der Waals surface area contributed by atoms with Crippen molar-refractivity contribution in [2.24, 2.45) is 5.73 Å². The number of hydrogen-bond acceptors (Lipinski definition) is 7. The minimum absolute atomic E-state index is 0.205. The number of primary amides is 1. The number of alkyl halides is 5. The topological polar surface area (TPSA) is 104 Å². The van der Waals surface area contributed by atoms with Gasteiger partial charge in [0.1, 0.15) is 13.2 Å². The van der Waals surface area contributed by atoms with Crippen LogP contribution in [-0.4, -0.2) is 53.6 Å². The number of fused-ring (bicyclic) bond motifs is 2. The van der Waals surface area contributed by atoms with Crippen LogP contribution in [0.15, 0.2) is 34.9 Å². The zero-order valence-corrected chi connectivity index (χ0v) is 19.7. The van der Waals surface area contributed by atoms with Crippen molar-refractivity contribution in [3.63, 3.8) is 0 Å². The molecule has 37 heavy (non-hydrogen) atoms. The number of furan rings is 1. The lowest BCUT2D eigenvalue weighted by molar-refractivity contribution is -0.146. The number of nitrogens with zero attached hydrogens (tertiary/aromatic N) is 3. The number of halogens is 5. The van der Waals surface area contributed by atoms with E-state index in [1.165, 1.54) is 44.5 Å². The van der Waals surface area contributed by atoms with E-state index in [1.807, 2.05) is 6.07 Å². The van der Waals surface area contributed by atoms with Crippen molar-refractivity contribution in [1.82, 2.24) is 14.9 Å². The Kier molecular flexibility index (Phi) is 7.81. The second-order valence-electron chi connectivity index (χ2n) is 8.63. The third-order valence-electron chi connectivity index (χ3n) is 5.89. The van der Waals surface area contributed by atoms with Gasteiger partial charge in [-0.2, -0.15) is 26.9 Å². The molecule has 0 unspecified atom stereocenters. The van der Waals surface area contributed by atoms with Gasteiger partial charge in [0.2, 0.25) is 11.5 Å². The molecule has 2 N–H and O–H groups in total. The Hall–Kier alpha value is -3.48. The first-order valence-electron chi connectivity index (χ1n) is 11.7. The SMILES string of the molecule is NC(=O)C(F)(F)c1cc2cnc(C(F)(F)F)nc2o1.c1cc2c(cc1CCCN1CCCC1)OCCO2. The summed E-state index contributed by atoms with van der Waals surface area (Å²) in [4.78, 5) is 19.0. The molecule has 0 bridgehead atoms. The molecule has 2 aliphatic heterocycles. The van der Waals surface area contributed by atoms with Gasteiger partial charge in [-0.25, -0.2) is 4.98 Å². The van der Waals surface area contributed by atoms with Gasteiger partial charge in [-0.15, -0.1) is 0 Å². The first-order chi connectivity index (χ1) is 17.5. The van der Waals surface area contributed by atoms with Crippen LogP contribution in [0.1, 0.15) is 36.4 Å². The van der Waals surface area contributed by atoms with E-state index in [2.05, 4.69) is 37.2 Å². The molecule has 1 amide bonds. The second-order valence-corrected chi connectivity index (χ2v) is 8.63. The Balaban J connectivity index is 0.000000173. The van der Waals surface area contributed by atoms with Gasteiger partial charge in [-0.05, 0) is 69.1 Å². The molecule has 1 saturated heterocycles. The fourth-order valence-electron chi connectivity index (χ4n) is 4.00. The van der Waals surface area contributed by atoms with Gasteiger partial charge in [-0.1, -0.05) is 6.07 Å². The van der Waals surface area contributed by atoms with Gasteiger partial charge in [0.15, 0.2) is 17.3 Å². The highest BCUT2D eigenvalue weighted by atomic mass is 19.4. The van der Waals surface area contributed by atoms with Crippen LogP contribution in [0.25, 0.3) is 11.1 Å². The van der Waals surface area contributed by atoms with E-state index in [0.717, 1.165) is 17.9 Å². The van der Waals surface area contributed by atoms with Crippen LogP contribution in [0, 0.1) is 0 Å². The number of aryl methyl sites for hydroxylation is 1. The molecular weight excluding hydrogens is 503 g/mol. The molecule has 200 valence electrons. The fraction of sp³-hybridized carbons (Fsp3) is 0.458. The largest absolute Gasteiger partial charge is 0.486 e. The summed E-state index contributed by atoms with van der Waals surface area (Å²) in [6, 6.07) is 7.00. The Bertz CT molecular complexity index is 1240. The normalized spacial score (nSPS) is 15.9. The Labute approximate surface area is 208 Å². The van der Waals surface area contributed by atoms with Crippen LogP contribution in [0.3, 0.4) is 0 Å². The zero-order valence-electron chi connectivity index (χ0n) is 19.7. The first-order valence-corrected chi connectivity index (χ1v) is 11.7. The molecule has 2 aromatic heterocycles. The maximum atomic E-state index is 13.2. The molecule has 1 aromatic carbocycles. The van der Waals surface area contributed by atoms with Gasteiger partial charge in [-0.3, -0.25) is 4.79 Å². The van der Waals surface area contributed by atoms with E-state index >= 15 is 0 Å². The van der Waals surface area contributed by atoms with Crippen LogP contribution in [-0.2, 0) is 23.3 Å². The lowest BCUT2D eigenvalue weighted by Crippen LogP contribution is -2.32. The molecule has 3 aromatic rings. The third kappa shape index (κ3) is 6.45. The summed E-state index contributed by atoms with van der Waals surface area (Å²) in [7, 11) is 0. The van der Waals surface area contributed by atoms with Crippen molar-refractivity contribution in [3.05, 3.63) is 47.6 Å². The Morgan fingerprint density at radius 1 is 1.03 bits per heavy atom. The Morgan fingerprint density at radius 3 is 2.41 bits per heavy atom. The van der Waals surface area contributed by atoms with E-state index in [-0.39, 0.29) is 5.39 Å². The standard InChI is InChI=1S/C15H21NO2.C9H4F5N3O2/c1-2-8-16(7-1)9-3-4-13-5-6-14-15(12-13)18-11-10-17-14;10-8(11,6(15)18)4-1-3-2-16-7(9(12,13)14)17-5(3)19-4/h5-6,12H,1-4,7-11H2;1-2H,(H2,15,18). The van der Waals surface area contributed by atoms with Crippen LogP contribution in [0.5, 0.6) is 11.5 Å². The number of carbonyl (C=O) groups is 1. The molecular formula is C24H25F5N4O4. The zero-order chi connectivity index (χ0) is 26.6. The number of ether oxygens (including phenoxy) is 2. The highest BCUT2D eigenvalue weighted by molar-refractivity contribution is 5.84. The summed E-state index contributed by atoms with van der Waals surface area (Å²) in [5.41, 5.74) is 5.11. The molecule has 4 heterocycles. The van der Waals surface area contributed by atoms with E-state index in [4.69, 9.17) is 9.47 Å². The predicted octanol–water partition coefficient (Wildman–Crippen LogP) is 4.30. The smallest absolute Gasteiger partial charge is 0.451 e. The molecule has 0 aliphatic carbocycles. The van der Waals surface area contributed by atoms with E-state index in [1.54, 1.807) is 0 Å².